The molecule has 148 valence electrons. The van der Waals surface area contributed by atoms with E-state index in [1.165, 1.54) is 4.68 Å². The molecule has 0 spiro atoms. The fourth-order valence-corrected chi connectivity index (χ4v) is 2.24. The Bertz CT molecular complexity index is 707. The summed E-state index contributed by atoms with van der Waals surface area (Å²) in [6, 6.07) is -1.95. The lowest BCUT2D eigenvalue weighted by Gasteiger charge is -2.28. The van der Waals surface area contributed by atoms with Gasteiger partial charge in [0.2, 0.25) is 0 Å². The summed E-state index contributed by atoms with van der Waals surface area (Å²) >= 11 is 0. The van der Waals surface area contributed by atoms with E-state index in [1.807, 2.05) is 0 Å². The van der Waals surface area contributed by atoms with Crippen LogP contribution in [0.4, 0.5) is 4.79 Å². The number of carbonyl (C=O) groups is 2. The molecule has 0 aliphatic carbocycles. The number of hydroxylamine groups is 2. The minimum atomic E-state index is -4.86. The van der Waals surface area contributed by atoms with Gasteiger partial charge >= 0.3 is 16.4 Å². The molecule has 0 bridgehead atoms. The lowest BCUT2D eigenvalue weighted by molar-refractivity contribution is -0.139. The largest absolute Gasteiger partial charge is 0.418 e. The van der Waals surface area contributed by atoms with Gasteiger partial charge in [0.15, 0.2) is 0 Å². The molecule has 0 saturated carbocycles. The average molecular weight is 394 g/mol. The van der Waals surface area contributed by atoms with E-state index >= 15 is 0 Å². The molecule has 1 aromatic rings. The van der Waals surface area contributed by atoms with E-state index < -0.39 is 28.4 Å². The molecule has 3 amide bonds. The molecule has 3 N–H and O–H groups in total. The number of amides is 3. The fourth-order valence-electron chi connectivity index (χ4n) is 2.06. The zero-order valence-electron chi connectivity index (χ0n) is 14.6. The lowest BCUT2D eigenvalue weighted by Crippen LogP contribution is -2.52. The van der Waals surface area contributed by atoms with Gasteiger partial charge in [-0.1, -0.05) is 18.6 Å². The van der Waals surface area contributed by atoms with Crippen LogP contribution in [0, 0.1) is 0 Å². The molecule has 0 fully saturated rings. The summed E-state index contributed by atoms with van der Waals surface area (Å²) in [7, 11) is -3.18. The van der Waals surface area contributed by atoms with Crippen molar-refractivity contribution in [3.63, 3.8) is 0 Å². The van der Waals surface area contributed by atoms with Crippen LogP contribution in [0.5, 0.6) is 0 Å². The normalized spacial score (nSPS) is 12.5. The molecular formula is C12H22N6O7S. The van der Waals surface area contributed by atoms with E-state index in [9.17, 15) is 18.0 Å². The van der Waals surface area contributed by atoms with Crippen LogP contribution in [-0.2, 0) is 38.0 Å². The molecule has 1 aromatic heterocycles. The molecule has 13 nitrogen and oxygen atoms in total. The zero-order valence-corrected chi connectivity index (χ0v) is 15.4. The van der Waals surface area contributed by atoms with Crippen LogP contribution in [0.1, 0.15) is 32.4 Å². The third kappa shape index (κ3) is 7.30. The molecule has 1 atom stereocenters. The summed E-state index contributed by atoms with van der Waals surface area (Å²) in [5.74, 6) is -0.611. The van der Waals surface area contributed by atoms with E-state index in [4.69, 9.17) is 9.39 Å². The van der Waals surface area contributed by atoms with Crippen LogP contribution in [0.15, 0.2) is 6.20 Å². The summed E-state index contributed by atoms with van der Waals surface area (Å²) < 4.78 is 34.9. The van der Waals surface area contributed by atoms with Crippen molar-refractivity contribution in [1.82, 2.24) is 30.9 Å². The van der Waals surface area contributed by atoms with Crippen molar-refractivity contribution in [1.29, 1.82) is 0 Å². The van der Waals surface area contributed by atoms with Crippen LogP contribution in [0.2, 0.25) is 0 Å². The van der Waals surface area contributed by atoms with E-state index in [0.717, 1.165) is 4.90 Å². The van der Waals surface area contributed by atoms with Crippen molar-refractivity contribution in [2.24, 2.45) is 7.05 Å². The summed E-state index contributed by atoms with van der Waals surface area (Å²) in [5.41, 5.74) is 4.27. The second-order valence-corrected chi connectivity index (χ2v) is 6.17. The van der Waals surface area contributed by atoms with Crippen molar-refractivity contribution in [2.75, 3.05) is 6.54 Å². The third-order valence-electron chi connectivity index (χ3n) is 3.12. The second-order valence-electron chi connectivity index (χ2n) is 5.15. The smallest absolute Gasteiger partial charge is 0.311 e. The quantitative estimate of drug-likeness (QED) is 0.343. The van der Waals surface area contributed by atoms with Crippen molar-refractivity contribution < 1.29 is 31.7 Å². The van der Waals surface area contributed by atoms with Gasteiger partial charge in [0.05, 0.1) is 6.20 Å². The third-order valence-corrected chi connectivity index (χ3v) is 3.41. The monoisotopic (exact) mass is 394 g/mol. The van der Waals surface area contributed by atoms with Gasteiger partial charge in [-0.25, -0.2) is 10.3 Å². The van der Waals surface area contributed by atoms with Crippen molar-refractivity contribution >= 4 is 22.3 Å². The van der Waals surface area contributed by atoms with Crippen LogP contribution < -0.4 is 11.0 Å². The number of likely N-dealkylation sites (N-methyl/N-ethyl adjacent to an activating group) is 1. The number of nitrogens with zero attached hydrogens (tertiary/aromatic N) is 4. The molecule has 26 heavy (non-hydrogen) atoms. The van der Waals surface area contributed by atoms with Gasteiger partial charge in [0, 0.05) is 13.6 Å². The van der Waals surface area contributed by atoms with Crippen LogP contribution in [0.25, 0.3) is 0 Å². The predicted octanol–water partition coefficient (Wildman–Crippen LogP) is -0.702. The number of aromatic nitrogens is 3. The Morgan fingerprint density at radius 1 is 1.38 bits per heavy atom. The minimum absolute atomic E-state index is 0.0252. The Hall–Kier alpha value is -2.29. The fraction of sp³-hybridized carbons (Fsp3) is 0.667. The standard InChI is InChI=1S/C12H22N6O7S/c1-4-6-10(18(5-2)12(20)15-25-26(21,22)23)11(19)14-24-8-9-7-17(3)16-13-9/h7,10H,4-6,8H2,1-3H3,(H,14,19)(H,15,20)(H,21,22,23)/t10-/m0/s1. The highest BCUT2D eigenvalue weighted by Crippen LogP contribution is 2.09. The first-order chi connectivity index (χ1) is 12.2. The molecule has 14 heteroatoms. The van der Waals surface area contributed by atoms with Gasteiger partial charge < -0.3 is 4.90 Å². The van der Waals surface area contributed by atoms with Crippen molar-refractivity contribution in [2.45, 2.75) is 39.3 Å². The Labute approximate surface area is 150 Å². The van der Waals surface area contributed by atoms with Gasteiger partial charge in [-0.3, -0.25) is 18.9 Å². The summed E-state index contributed by atoms with van der Waals surface area (Å²) in [4.78, 5) is 30.4. The highest BCUT2D eigenvalue weighted by molar-refractivity contribution is 7.80. The molecular weight excluding hydrogens is 372 g/mol. The van der Waals surface area contributed by atoms with E-state index in [1.54, 1.807) is 32.6 Å². The Kier molecular flexibility index (Phi) is 8.37. The van der Waals surface area contributed by atoms with E-state index in [2.05, 4.69) is 20.1 Å². The molecule has 1 heterocycles. The minimum Gasteiger partial charge on any atom is -0.311 e. The van der Waals surface area contributed by atoms with Gasteiger partial charge in [0.1, 0.15) is 18.3 Å². The maximum absolute atomic E-state index is 12.3. The predicted molar refractivity (Wildman–Crippen MR) is 86.2 cm³/mol. The van der Waals surface area contributed by atoms with Gasteiger partial charge in [-0.2, -0.15) is 13.9 Å². The van der Waals surface area contributed by atoms with Crippen LogP contribution in [-0.4, -0.2) is 57.4 Å². The Balaban J connectivity index is 2.66. The van der Waals surface area contributed by atoms with E-state index in [0.29, 0.717) is 12.1 Å². The molecule has 0 aliphatic heterocycles. The number of rotatable bonds is 10. The van der Waals surface area contributed by atoms with Gasteiger partial charge in [-0.05, 0) is 13.3 Å². The van der Waals surface area contributed by atoms with Gasteiger partial charge in [-0.15, -0.1) is 9.38 Å². The molecule has 0 unspecified atom stereocenters. The molecule has 0 aliphatic rings. The molecule has 0 saturated heterocycles. The van der Waals surface area contributed by atoms with Crippen molar-refractivity contribution in [3.8, 4) is 0 Å². The second kappa shape index (κ2) is 10.0. The highest BCUT2D eigenvalue weighted by Gasteiger charge is 2.29. The topological polar surface area (TPSA) is 165 Å². The number of aryl methyl sites for hydroxylation is 1. The number of carbonyl (C=O) groups excluding carboxylic acids is 2. The summed E-state index contributed by atoms with van der Waals surface area (Å²) in [6.07, 6.45) is 2.45. The first-order valence-electron chi connectivity index (χ1n) is 7.67. The maximum Gasteiger partial charge on any atom is 0.418 e. The number of hydrogen-bond acceptors (Lipinski definition) is 8. The lowest BCUT2D eigenvalue weighted by atomic mass is 10.1. The SMILES string of the molecule is CCC[C@@H](C(=O)NOCc1cn(C)nn1)N(CC)C(=O)NOS(=O)(=O)O. The molecule has 0 aromatic carbocycles. The number of nitrogens with one attached hydrogen (secondary N) is 2. The first-order valence-corrected chi connectivity index (χ1v) is 9.03. The Morgan fingerprint density at radius 3 is 2.58 bits per heavy atom. The Morgan fingerprint density at radius 2 is 2.08 bits per heavy atom. The summed E-state index contributed by atoms with van der Waals surface area (Å²) in [5, 5.41) is 7.50. The van der Waals surface area contributed by atoms with Crippen LogP contribution >= 0.6 is 0 Å². The van der Waals surface area contributed by atoms with E-state index in [-0.39, 0.29) is 19.6 Å². The molecule has 1 rings (SSSR count). The molecule has 0 radical (unpaired) electrons. The summed E-state index contributed by atoms with van der Waals surface area (Å²) in [6.45, 7) is 3.44. The van der Waals surface area contributed by atoms with Crippen LogP contribution in [0.3, 0.4) is 0 Å². The number of hydrogen-bond donors (Lipinski definition) is 3. The zero-order chi connectivity index (χ0) is 19.7. The highest BCUT2D eigenvalue weighted by atomic mass is 32.3. The van der Waals surface area contributed by atoms with Gasteiger partial charge in [0.25, 0.3) is 5.91 Å². The maximum atomic E-state index is 12.3. The first kappa shape index (κ1) is 21.8. The number of urea groups is 1. The average Bonchev–Trinajstić information content (AvgIpc) is 2.97. The van der Waals surface area contributed by atoms with Crippen molar-refractivity contribution in [3.05, 3.63) is 11.9 Å².